The van der Waals surface area contributed by atoms with Crippen LogP contribution in [0, 0.1) is 0 Å². The molecule has 0 atom stereocenters. The van der Waals surface area contributed by atoms with E-state index in [0.29, 0.717) is 36.4 Å². The van der Waals surface area contributed by atoms with Crippen molar-refractivity contribution in [3.63, 3.8) is 0 Å². The van der Waals surface area contributed by atoms with Gasteiger partial charge in [-0.2, -0.15) is 0 Å². The zero-order valence-corrected chi connectivity index (χ0v) is 15.0. The van der Waals surface area contributed by atoms with Crippen LogP contribution in [0.15, 0.2) is 27.4 Å². The second-order valence-corrected chi connectivity index (χ2v) is 7.16. The minimum absolute atomic E-state index is 0.0724. The number of carbonyl (C=O) groups is 1. The lowest BCUT2D eigenvalue weighted by atomic mass is 9.95. The highest BCUT2D eigenvalue weighted by atomic mass is 16.5. The summed E-state index contributed by atoms with van der Waals surface area (Å²) in [4.78, 5) is 26.8. The van der Waals surface area contributed by atoms with E-state index in [9.17, 15) is 9.59 Å². The van der Waals surface area contributed by atoms with E-state index in [1.807, 2.05) is 12.1 Å². The number of fused-ring (bicyclic) bond motifs is 3. The summed E-state index contributed by atoms with van der Waals surface area (Å²) >= 11 is 0. The number of carbonyl (C=O) groups excluding carboxylic acids is 1. The highest BCUT2D eigenvalue weighted by molar-refractivity contribution is 5.83. The van der Waals surface area contributed by atoms with Crippen LogP contribution in [0.3, 0.4) is 0 Å². The second-order valence-electron chi connectivity index (χ2n) is 7.16. The zero-order valence-electron chi connectivity index (χ0n) is 15.0. The third kappa shape index (κ3) is 3.16. The van der Waals surface area contributed by atoms with Crippen LogP contribution in [0.5, 0.6) is 5.75 Å². The number of methoxy groups -OCH3 is 1. The summed E-state index contributed by atoms with van der Waals surface area (Å²) in [5, 5.41) is 4.05. The molecule has 4 rings (SSSR count). The maximum atomic E-state index is 12.6. The molecule has 1 saturated carbocycles. The molecule has 26 heavy (non-hydrogen) atoms. The average Bonchev–Trinajstić information content (AvgIpc) is 2.68. The maximum absolute atomic E-state index is 12.6. The molecule has 6 nitrogen and oxygen atoms in total. The summed E-state index contributed by atoms with van der Waals surface area (Å²) in [6, 6.07) is 5.72. The van der Waals surface area contributed by atoms with Gasteiger partial charge in [0.1, 0.15) is 11.3 Å². The second kappa shape index (κ2) is 7.02. The van der Waals surface area contributed by atoms with E-state index in [0.717, 1.165) is 23.8 Å². The van der Waals surface area contributed by atoms with Crippen LogP contribution < -0.4 is 15.7 Å². The number of hydrogen-bond acceptors (Lipinski definition) is 4. The van der Waals surface area contributed by atoms with Gasteiger partial charge in [-0.25, -0.2) is 9.59 Å². The summed E-state index contributed by atoms with van der Waals surface area (Å²) in [6.45, 7) is 0.911. The van der Waals surface area contributed by atoms with E-state index in [2.05, 4.69) is 5.32 Å². The first-order valence-corrected chi connectivity index (χ1v) is 9.34. The molecule has 0 bridgehead atoms. The zero-order chi connectivity index (χ0) is 18.1. The van der Waals surface area contributed by atoms with Crippen molar-refractivity contribution >= 4 is 17.0 Å². The molecule has 1 aromatic heterocycles. The molecule has 2 heterocycles. The van der Waals surface area contributed by atoms with Crippen molar-refractivity contribution in [1.82, 2.24) is 10.2 Å². The number of amides is 2. The smallest absolute Gasteiger partial charge is 0.341 e. The Balaban J connectivity index is 1.57. The van der Waals surface area contributed by atoms with Gasteiger partial charge in [0.05, 0.1) is 19.2 Å². The third-order valence-corrected chi connectivity index (χ3v) is 5.53. The summed E-state index contributed by atoms with van der Waals surface area (Å²) in [7, 11) is 1.58. The van der Waals surface area contributed by atoms with Crippen LogP contribution in [0.1, 0.15) is 43.2 Å². The Bertz CT molecular complexity index is 883. The molecule has 0 saturated heterocycles. The van der Waals surface area contributed by atoms with Crippen molar-refractivity contribution in [3.8, 4) is 5.75 Å². The first kappa shape index (κ1) is 16.9. The van der Waals surface area contributed by atoms with E-state index in [4.69, 9.17) is 9.15 Å². The molecule has 1 N–H and O–H groups in total. The Morgan fingerprint density at radius 3 is 2.81 bits per heavy atom. The lowest BCUT2D eigenvalue weighted by Crippen LogP contribution is -2.48. The Kier molecular flexibility index (Phi) is 4.57. The van der Waals surface area contributed by atoms with Gasteiger partial charge in [-0.15, -0.1) is 0 Å². The fourth-order valence-electron chi connectivity index (χ4n) is 4.06. The normalized spacial score (nSPS) is 17.8. The van der Waals surface area contributed by atoms with Crippen LogP contribution in [-0.2, 0) is 13.0 Å². The lowest BCUT2D eigenvalue weighted by Gasteiger charge is -2.31. The number of nitrogens with one attached hydrogen (secondary N) is 1. The number of hydrogen-bond donors (Lipinski definition) is 1. The highest BCUT2D eigenvalue weighted by Gasteiger charge is 2.27. The van der Waals surface area contributed by atoms with E-state index < -0.39 is 0 Å². The first-order valence-electron chi connectivity index (χ1n) is 9.34. The van der Waals surface area contributed by atoms with E-state index in [1.54, 1.807) is 18.1 Å². The standard InChI is InChI=1S/C20H24N2O4/c1-25-14-7-8-16-15-9-10-22(12-17(15)19(23)26-18(16)11-14)20(24)21-13-5-3-2-4-6-13/h7-8,11,13H,2-6,9-10,12H2,1H3,(H,21,24). The average molecular weight is 356 g/mol. The largest absolute Gasteiger partial charge is 0.497 e. The van der Waals surface area contributed by atoms with Gasteiger partial charge in [-0.1, -0.05) is 19.3 Å². The summed E-state index contributed by atoms with van der Waals surface area (Å²) in [5.41, 5.74) is 1.75. The van der Waals surface area contributed by atoms with Gasteiger partial charge in [0.15, 0.2) is 0 Å². The van der Waals surface area contributed by atoms with Crippen molar-refractivity contribution in [2.75, 3.05) is 13.7 Å². The van der Waals surface area contributed by atoms with Gasteiger partial charge in [0.25, 0.3) is 0 Å². The molecule has 0 spiro atoms. The summed E-state index contributed by atoms with van der Waals surface area (Å²) < 4.78 is 10.7. The Morgan fingerprint density at radius 1 is 1.23 bits per heavy atom. The van der Waals surface area contributed by atoms with Crippen LogP contribution in [0.2, 0.25) is 0 Å². The van der Waals surface area contributed by atoms with E-state index >= 15 is 0 Å². The third-order valence-electron chi connectivity index (χ3n) is 5.53. The van der Waals surface area contributed by atoms with Crippen LogP contribution >= 0.6 is 0 Å². The topological polar surface area (TPSA) is 71.8 Å². The monoisotopic (exact) mass is 356 g/mol. The number of nitrogens with zero attached hydrogens (tertiary/aromatic N) is 1. The van der Waals surface area contributed by atoms with Gasteiger partial charge < -0.3 is 19.4 Å². The van der Waals surface area contributed by atoms with E-state index in [-0.39, 0.29) is 17.7 Å². The molecule has 0 radical (unpaired) electrons. The molecule has 1 fully saturated rings. The lowest BCUT2D eigenvalue weighted by molar-refractivity contribution is 0.184. The minimum Gasteiger partial charge on any atom is -0.497 e. The highest BCUT2D eigenvalue weighted by Crippen LogP contribution is 2.28. The van der Waals surface area contributed by atoms with Crippen molar-refractivity contribution in [3.05, 3.63) is 39.7 Å². The van der Waals surface area contributed by atoms with Crippen molar-refractivity contribution in [2.24, 2.45) is 0 Å². The quantitative estimate of drug-likeness (QED) is 0.839. The van der Waals surface area contributed by atoms with Gasteiger partial charge in [-0.3, -0.25) is 0 Å². The molecule has 2 aliphatic rings. The maximum Gasteiger partial charge on any atom is 0.341 e. The number of urea groups is 1. The molecule has 0 unspecified atom stereocenters. The fourth-order valence-corrected chi connectivity index (χ4v) is 4.06. The first-order chi connectivity index (χ1) is 12.7. The van der Waals surface area contributed by atoms with Gasteiger partial charge in [0.2, 0.25) is 0 Å². The summed E-state index contributed by atoms with van der Waals surface area (Å²) in [5.74, 6) is 0.657. The molecular formula is C20H24N2O4. The summed E-state index contributed by atoms with van der Waals surface area (Å²) in [6.07, 6.45) is 6.35. The molecule has 1 aliphatic heterocycles. The molecule has 1 aromatic carbocycles. The molecule has 2 amide bonds. The number of benzene rings is 1. The molecule has 6 heteroatoms. The van der Waals surface area contributed by atoms with Gasteiger partial charge in [-0.05, 0) is 37.0 Å². The predicted octanol–water partition coefficient (Wildman–Crippen LogP) is 3.20. The number of ether oxygens (including phenoxy) is 1. The Hall–Kier alpha value is -2.50. The van der Waals surface area contributed by atoms with Gasteiger partial charge in [0, 0.05) is 24.0 Å². The number of rotatable bonds is 2. The molecule has 1 aliphatic carbocycles. The minimum atomic E-state index is -0.365. The Morgan fingerprint density at radius 2 is 2.04 bits per heavy atom. The van der Waals surface area contributed by atoms with Crippen molar-refractivity contribution < 1.29 is 13.9 Å². The van der Waals surface area contributed by atoms with E-state index in [1.165, 1.54) is 19.3 Å². The van der Waals surface area contributed by atoms with Crippen LogP contribution in [0.25, 0.3) is 11.0 Å². The van der Waals surface area contributed by atoms with Crippen molar-refractivity contribution in [1.29, 1.82) is 0 Å². The Labute approximate surface area is 152 Å². The molecular weight excluding hydrogens is 332 g/mol. The SMILES string of the molecule is COc1ccc2c3c(c(=O)oc2c1)CN(C(=O)NC1CCCCC1)CC3. The molecule has 2 aromatic rings. The van der Waals surface area contributed by atoms with Crippen LogP contribution in [0.4, 0.5) is 4.79 Å². The fraction of sp³-hybridized carbons (Fsp3) is 0.500. The van der Waals surface area contributed by atoms with Crippen molar-refractivity contribution in [2.45, 2.75) is 51.1 Å². The predicted molar refractivity (Wildman–Crippen MR) is 98.6 cm³/mol. The van der Waals surface area contributed by atoms with Gasteiger partial charge >= 0.3 is 11.7 Å². The molecule has 138 valence electrons. The van der Waals surface area contributed by atoms with Crippen LogP contribution in [-0.4, -0.2) is 30.6 Å².